The van der Waals surface area contributed by atoms with Gasteiger partial charge in [0.25, 0.3) is 0 Å². The second-order valence-corrected chi connectivity index (χ2v) is 6.41. The summed E-state index contributed by atoms with van der Waals surface area (Å²) in [5.74, 6) is 1.67. The molecule has 0 amide bonds. The molecule has 0 aromatic carbocycles. The second-order valence-electron chi connectivity index (χ2n) is 6.41. The average Bonchev–Trinajstić information content (AvgIpc) is 2.28. The van der Waals surface area contributed by atoms with Crippen LogP contribution in [0.5, 0.6) is 0 Å². The predicted molar refractivity (Wildman–Crippen MR) is 62.2 cm³/mol. The van der Waals surface area contributed by atoms with E-state index in [0.717, 1.165) is 11.8 Å². The number of hydrogen-bond acceptors (Lipinski definition) is 0. The first kappa shape index (κ1) is 10.3. The van der Waals surface area contributed by atoms with Gasteiger partial charge in [-0.15, -0.1) is 0 Å². The van der Waals surface area contributed by atoms with E-state index in [0.29, 0.717) is 10.8 Å². The minimum Gasteiger partial charge on any atom is -0.0845 e. The molecule has 0 N–H and O–H groups in total. The number of rotatable bonds is 0. The Morgan fingerprint density at radius 1 is 1.21 bits per heavy atom. The molecule has 2 atom stereocenters. The van der Waals surface area contributed by atoms with Crippen molar-refractivity contribution in [1.82, 2.24) is 0 Å². The summed E-state index contributed by atoms with van der Waals surface area (Å²) in [4.78, 5) is 0. The van der Waals surface area contributed by atoms with Gasteiger partial charge in [-0.05, 0) is 41.9 Å². The summed E-state index contributed by atoms with van der Waals surface area (Å²) >= 11 is 0. The molecule has 0 radical (unpaired) electrons. The van der Waals surface area contributed by atoms with Crippen molar-refractivity contribution in [2.45, 2.75) is 53.9 Å². The van der Waals surface area contributed by atoms with Crippen molar-refractivity contribution >= 4 is 0 Å². The molecule has 14 heavy (non-hydrogen) atoms. The number of fused-ring (bicyclic) bond motifs is 1. The largest absolute Gasteiger partial charge is 0.0845 e. The number of hydrogen-bond donors (Lipinski definition) is 0. The maximum atomic E-state index is 2.54. The molecule has 2 unspecified atom stereocenters. The zero-order chi connectivity index (χ0) is 10.6. The molecule has 80 valence electrons. The summed E-state index contributed by atoms with van der Waals surface area (Å²) in [6.45, 7) is 12.3. The van der Waals surface area contributed by atoms with Crippen molar-refractivity contribution in [2.75, 3.05) is 0 Å². The van der Waals surface area contributed by atoms with Crippen molar-refractivity contribution in [3.63, 3.8) is 0 Å². The lowest BCUT2D eigenvalue weighted by molar-refractivity contribution is 0.150. The fraction of sp³-hybridized carbons (Fsp3) is 0.857. The number of allylic oxidation sites excluding steroid dienone is 2. The van der Waals surface area contributed by atoms with Gasteiger partial charge in [0.1, 0.15) is 0 Å². The molecule has 0 spiro atoms. The molecule has 0 aromatic heterocycles. The van der Waals surface area contributed by atoms with Gasteiger partial charge < -0.3 is 0 Å². The van der Waals surface area contributed by atoms with Crippen LogP contribution in [0.25, 0.3) is 0 Å². The standard InChI is InChI=1S/C14H24/c1-10-13(2,3)11-8-6-7-9-12(11)14(10,4)5/h8,10,12H,6-7,9H2,1-5H3. The smallest absolute Gasteiger partial charge is 0.0111 e. The summed E-state index contributed by atoms with van der Waals surface area (Å²) in [7, 11) is 0. The van der Waals surface area contributed by atoms with Crippen molar-refractivity contribution in [1.29, 1.82) is 0 Å². The van der Waals surface area contributed by atoms with Gasteiger partial charge in [0, 0.05) is 0 Å². The van der Waals surface area contributed by atoms with E-state index in [9.17, 15) is 0 Å². The third-order valence-electron chi connectivity index (χ3n) is 5.28. The van der Waals surface area contributed by atoms with Crippen LogP contribution in [-0.4, -0.2) is 0 Å². The SMILES string of the molecule is CC1C(C)(C)C2=CCCCC2C1(C)C. The highest BCUT2D eigenvalue weighted by molar-refractivity contribution is 5.28. The van der Waals surface area contributed by atoms with Gasteiger partial charge in [0.05, 0.1) is 0 Å². The molecule has 0 nitrogen and oxygen atoms in total. The van der Waals surface area contributed by atoms with Crippen molar-refractivity contribution in [3.8, 4) is 0 Å². The Bertz CT molecular complexity index is 268. The van der Waals surface area contributed by atoms with Crippen LogP contribution in [0, 0.1) is 22.7 Å². The summed E-state index contributed by atoms with van der Waals surface area (Å²) < 4.78 is 0. The zero-order valence-corrected chi connectivity index (χ0v) is 10.4. The van der Waals surface area contributed by atoms with E-state index in [-0.39, 0.29) is 0 Å². The van der Waals surface area contributed by atoms with Gasteiger partial charge in [0.2, 0.25) is 0 Å². The molecule has 0 aromatic rings. The van der Waals surface area contributed by atoms with E-state index < -0.39 is 0 Å². The van der Waals surface area contributed by atoms with Crippen LogP contribution in [0.4, 0.5) is 0 Å². The first-order valence-electron chi connectivity index (χ1n) is 6.09. The highest BCUT2D eigenvalue weighted by Gasteiger charge is 2.53. The van der Waals surface area contributed by atoms with Gasteiger partial charge in [-0.2, -0.15) is 0 Å². The molecule has 2 rings (SSSR count). The van der Waals surface area contributed by atoms with Gasteiger partial charge in [0.15, 0.2) is 0 Å². The normalized spacial score (nSPS) is 39.1. The molecule has 0 bridgehead atoms. The quantitative estimate of drug-likeness (QED) is 0.499. The van der Waals surface area contributed by atoms with Gasteiger partial charge in [-0.1, -0.05) is 46.3 Å². The van der Waals surface area contributed by atoms with E-state index in [2.05, 4.69) is 40.7 Å². The molecule has 0 saturated heterocycles. The van der Waals surface area contributed by atoms with Crippen LogP contribution < -0.4 is 0 Å². The maximum Gasteiger partial charge on any atom is -0.0111 e. The lowest BCUT2D eigenvalue weighted by Crippen LogP contribution is -2.27. The fourth-order valence-corrected chi connectivity index (χ4v) is 3.84. The molecule has 0 heterocycles. The van der Waals surface area contributed by atoms with E-state index in [1.807, 2.05) is 0 Å². The highest BCUT2D eigenvalue weighted by Crippen LogP contribution is 2.62. The van der Waals surface area contributed by atoms with Crippen molar-refractivity contribution in [3.05, 3.63) is 11.6 Å². The Morgan fingerprint density at radius 2 is 1.86 bits per heavy atom. The Morgan fingerprint density at radius 3 is 2.43 bits per heavy atom. The third-order valence-corrected chi connectivity index (χ3v) is 5.28. The third kappa shape index (κ3) is 1.12. The van der Waals surface area contributed by atoms with Crippen LogP contribution in [0.1, 0.15) is 53.9 Å². The Kier molecular flexibility index (Phi) is 2.10. The van der Waals surface area contributed by atoms with E-state index in [1.165, 1.54) is 19.3 Å². The zero-order valence-electron chi connectivity index (χ0n) is 10.4. The van der Waals surface area contributed by atoms with Crippen LogP contribution in [-0.2, 0) is 0 Å². The monoisotopic (exact) mass is 192 g/mol. The summed E-state index contributed by atoms with van der Waals surface area (Å²) in [5, 5.41) is 0. The van der Waals surface area contributed by atoms with Crippen LogP contribution in [0.2, 0.25) is 0 Å². The van der Waals surface area contributed by atoms with Crippen LogP contribution in [0.3, 0.4) is 0 Å². The first-order chi connectivity index (χ1) is 6.38. The maximum absolute atomic E-state index is 2.54. The summed E-state index contributed by atoms with van der Waals surface area (Å²) in [6, 6.07) is 0. The van der Waals surface area contributed by atoms with Gasteiger partial charge in [-0.25, -0.2) is 0 Å². The Hall–Kier alpha value is -0.260. The van der Waals surface area contributed by atoms with Crippen molar-refractivity contribution in [2.24, 2.45) is 22.7 Å². The van der Waals surface area contributed by atoms with Crippen molar-refractivity contribution < 1.29 is 0 Å². The summed E-state index contributed by atoms with van der Waals surface area (Å²) in [6.07, 6.45) is 6.68. The average molecular weight is 192 g/mol. The molecular weight excluding hydrogens is 168 g/mol. The molecule has 1 fully saturated rings. The minimum atomic E-state index is 0.439. The molecule has 2 aliphatic rings. The van der Waals surface area contributed by atoms with E-state index >= 15 is 0 Å². The van der Waals surface area contributed by atoms with Gasteiger partial charge >= 0.3 is 0 Å². The lowest BCUT2D eigenvalue weighted by Gasteiger charge is -2.33. The predicted octanol–water partition coefficient (Wildman–Crippen LogP) is 4.42. The summed E-state index contributed by atoms with van der Waals surface area (Å²) in [5.41, 5.74) is 2.71. The first-order valence-corrected chi connectivity index (χ1v) is 6.09. The van der Waals surface area contributed by atoms with E-state index in [4.69, 9.17) is 0 Å². The second kappa shape index (κ2) is 2.87. The molecule has 2 aliphatic carbocycles. The minimum absolute atomic E-state index is 0.439. The lowest BCUT2D eigenvalue weighted by atomic mass is 9.71. The van der Waals surface area contributed by atoms with Crippen LogP contribution >= 0.6 is 0 Å². The Labute approximate surface area is 88.8 Å². The van der Waals surface area contributed by atoms with E-state index in [1.54, 1.807) is 5.57 Å². The molecule has 1 saturated carbocycles. The van der Waals surface area contributed by atoms with Gasteiger partial charge in [-0.3, -0.25) is 0 Å². The Balaban J connectivity index is 2.47. The molecular formula is C14H24. The topological polar surface area (TPSA) is 0 Å². The molecule has 0 aliphatic heterocycles. The highest BCUT2D eigenvalue weighted by atomic mass is 14.6. The molecule has 0 heteroatoms. The fourth-order valence-electron chi connectivity index (χ4n) is 3.84. The van der Waals surface area contributed by atoms with Crippen LogP contribution in [0.15, 0.2) is 11.6 Å².